The molecule has 1 atom stereocenters. The van der Waals surface area contributed by atoms with E-state index in [9.17, 15) is 0 Å². The van der Waals surface area contributed by atoms with Gasteiger partial charge in [-0.1, -0.05) is 164 Å². The lowest BCUT2D eigenvalue weighted by atomic mass is 9.80. The van der Waals surface area contributed by atoms with Gasteiger partial charge in [-0.2, -0.15) is 0 Å². The summed E-state index contributed by atoms with van der Waals surface area (Å²) in [5.41, 5.74) is 13.8. The predicted molar refractivity (Wildman–Crippen MR) is 256 cm³/mol. The summed E-state index contributed by atoms with van der Waals surface area (Å²) in [6.07, 6.45) is 16.0. The second-order valence-corrected chi connectivity index (χ2v) is 16.3. The zero-order valence-electron chi connectivity index (χ0n) is 33.8. The highest BCUT2D eigenvalue weighted by atomic mass is 15.0. The lowest BCUT2D eigenvalue weighted by Gasteiger charge is -2.24. The molecule has 0 saturated carbocycles. The first-order chi connectivity index (χ1) is 30.6. The Labute approximate surface area is 360 Å². The van der Waals surface area contributed by atoms with Gasteiger partial charge in [0.2, 0.25) is 0 Å². The molecule has 4 heteroatoms. The summed E-state index contributed by atoms with van der Waals surface area (Å²) in [5, 5.41) is 7.24. The van der Waals surface area contributed by atoms with Gasteiger partial charge in [0.1, 0.15) is 0 Å². The van der Waals surface area contributed by atoms with E-state index in [2.05, 4.69) is 205 Å². The molecule has 0 fully saturated rings. The van der Waals surface area contributed by atoms with Crippen molar-refractivity contribution in [3.05, 3.63) is 223 Å². The van der Waals surface area contributed by atoms with E-state index in [0.29, 0.717) is 23.4 Å². The van der Waals surface area contributed by atoms with Crippen molar-refractivity contribution in [3.63, 3.8) is 0 Å². The average molecular weight is 791 g/mol. The maximum atomic E-state index is 5.12. The minimum atomic E-state index is 0.470. The molecule has 0 radical (unpaired) electrons. The van der Waals surface area contributed by atoms with E-state index in [4.69, 9.17) is 15.0 Å². The van der Waals surface area contributed by atoms with Gasteiger partial charge < -0.3 is 0 Å². The van der Waals surface area contributed by atoms with Crippen molar-refractivity contribution in [2.24, 2.45) is 5.92 Å². The third-order valence-electron chi connectivity index (χ3n) is 12.5. The Morgan fingerprint density at radius 1 is 0.387 bits per heavy atom. The molecule has 2 aromatic heterocycles. The van der Waals surface area contributed by atoms with Crippen LogP contribution in [-0.4, -0.2) is 19.9 Å². The van der Waals surface area contributed by atoms with E-state index in [0.717, 1.165) is 56.1 Å². The molecule has 0 N–H and O–H groups in total. The van der Waals surface area contributed by atoms with E-state index >= 15 is 0 Å². The summed E-state index contributed by atoms with van der Waals surface area (Å²) in [5.74, 6) is 2.36. The Morgan fingerprint density at radius 2 is 0.871 bits per heavy atom. The van der Waals surface area contributed by atoms with Gasteiger partial charge in [0, 0.05) is 40.4 Å². The van der Waals surface area contributed by atoms with Crippen LogP contribution in [0.4, 0.5) is 0 Å². The molecule has 2 aliphatic carbocycles. The van der Waals surface area contributed by atoms with E-state index in [-0.39, 0.29) is 0 Å². The number of hydrogen-bond donors (Lipinski definition) is 0. The molecule has 290 valence electrons. The van der Waals surface area contributed by atoms with E-state index in [1.807, 2.05) is 12.4 Å². The van der Waals surface area contributed by atoms with Crippen LogP contribution in [0.3, 0.4) is 0 Å². The Balaban J connectivity index is 0.894. The number of hydrogen-bond acceptors (Lipinski definition) is 4. The Morgan fingerprint density at radius 3 is 1.50 bits per heavy atom. The monoisotopic (exact) mass is 790 g/mol. The Bertz CT molecular complexity index is 3470. The fourth-order valence-electron chi connectivity index (χ4n) is 9.03. The van der Waals surface area contributed by atoms with Crippen LogP contribution in [0.5, 0.6) is 0 Å². The molecule has 0 amide bonds. The van der Waals surface area contributed by atoms with Gasteiger partial charge >= 0.3 is 0 Å². The van der Waals surface area contributed by atoms with Crippen LogP contribution in [0, 0.1) is 5.92 Å². The second kappa shape index (κ2) is 14.9. The van der Waals surface area contributed by atoms with Crippen molar-refractivity contribution in [3.8, 4) is 67.5 Å². The molecule has 0 bridgehead atoms. The molecule has 4 nitrogen and oxygen atoms in total. The molecule has 0 spiro atoms. The summed E-state index contributed by atoms with van der Waals surface area (Å²) < 4.78 is 0. The van der Waals surface area contributed by atoms with Crippen LogP contribution >= 0.6 is 0 Å². The topological polar surface area (TPSA) is 51.6 Å². The molecule has 8 aromatic carbocycles. The normalized spacial score (nSPS) is 14.2. The zero-order valence-corrected chi connectivity index (χ0v) is 33.8. The van der Waals surface area contributed by atoms with Crippen molar-refractivity contribution in [2.45, 2.75) is 6.42 Å². The minimum absolute atomic E-state index is 0.470. The highest BCUT2D eigenvalue weighted by Gasteiger charge is 2.20. The van der Waals surface area contributed by atoms with Crippen LogP contribution in [-0.2, 0) is 6.42 Å². The van der Waals surface area contributed by atoms with E-state index in [1.165, 1.54) is 49.4 Å². The van der Waals surface area contributed by atoms with Gasteiger partial charge in [-0.3, -0.25) is 4.98 Å². The zero-order chi connectivity index (χ0) is 41.0. The number of aromatic nitrogens is 4. The summed E-state index contributed by atoms with van der Waals surface area (Å²) in [7, 11) is 0. The molecule has 2 aliphatic rings. The third-order valence-corrected chi connectivity index (χ3v) is 12.5. The molecule has 10 aromatic rings. The number of benzene rings is 8. The molecular weight excluding hydrogens is 753 g/mol. The molecule has 12 rings (SSSR count). The van der Waals surface area contributed by atoms with Crippen LogP contribution in [0.1, 0.15) is 11.1 Å². The van der Waals surface area contributed by atoms with Crippen LogP contribution in [0.25, 0.3) is 106 Å². The third kappa shape index (κ3) is 6.68. The van der Waals surface area contributed by atoms with Crippen molar-refractivity contribution in [1.82, 2.24) is 19.9 Å². The van der Waals surface area contributed by atoms with Gasteiger partial charge in [0.15, 0.2) is 17.5 Å². The number of allylic oxidation sites excluding steroid dienone is 5. The highest BCUT2D eigenvalue weighted by Crippen LogP contribution is 2.36. The molecule has 62 heavy (non-hydrogen) atoms. The van der Waals surface area contributed by atoms with Crippen molar-refractivity contribution in [2.75, 3.05) is 0 Å². The first-order valence-electron chi connectivity index (χ1n) is 21.2. The average Bonchev–Trinajstić information content (AvgIpc) is 3.34. The largest absolute Gasteiger partial charge is 0.264 e. The lowest BCUT2D eigenvalue weighted by molar-refractivity contribution is 0.759. The lowest BCUT2D eigenvalue weighted by Crippen LogP contribution is -2.11. The molecule has 0 aliphatic heterocycles. The highest BCUT2D eigenvalue weighted by molar-refractivity contribution is 6.00. The quantitative estimate of drug-likeness (QED) is 0.157. The Hall–Kier alpha value is -8.08. The predicted octanol–water partition coefficient (Wildman–Crippen LogP) is 14.4. The van der Waals surface area contributed by atoms with Crippen LogP contribution < -0.4 is 0 Å². The minimum Gasteiger partial charge on any atom is -0.264 e. The van der Waals surface area contributed by atoms with Gasteiger partial charge in [0.25, 0.3) is 0 Å². The van der Waals surface area contributed by atoms with Gasteiger partial charge in [-0.05, 0) is 120 Å². The van der Waals surface area contributed by atoms with E-state index < -0.39 is 0 Å². The van der Waals surface area contributed by atoms with Crippen molar-refractivity contribution >= 4 is 38.4 Å². The fraction of sp³-hybridized carbons (Fsp3) is 0.0345. The summed E-state index contributed by atoms with van der Waals surface area (Å²) >= 11 is 0. The van der Waals surface area contributed by atoms with Crippen LogP contribution in [0.2, 0.25) is 0 Å². The Kier molecular flexibility index (Phi) is 8.60. The summed E-state index contributed by atoms with van der Waals surface area (Å²) in [4.78, 5) is 19.6. The molecule has 2 heterocycles. The van der Waals surface area contributed by atoms with Gasteiger partial charge in [-0.15, -0.1) is 0 Å². The number of fused-ring (bicyclic) bond motifs is 5. The first-order valence-corrected chi connectivity index (χ1v) is 21.2. The van der Waals surface area contributed by atoms with Gasteiger partial charge in [0.05, 0.1) is 0 Å². The SMILES string of the molecule is C1=CC2=Cc3cc(-c4ccc(-c5nc(-c6ccc(-c7ccc8cnccc8c7)cc6)nc(-c6ccc(-c7ccc8cc9ccccc9cc8c7)cc6)n5)cc4)ccc3CC2C=C1. The number of rotatable bonds is 6. The molecular formula is C58H38N4. The van der Waals surface area contributed by atoms with Gasteiger partial charge in [-0.25, -0.2) is 15.0 Å². The van der Waals surface area contributed by atoms with Crippen LogP contribution in [0.15, 0.2) is 212 Å². The standard InChI is InChI=1S/C58H38N4/c1-3-7-45-32-54-34-48(21-23-50(54)29-43(45)5-1)38-11-17-41(18-12-38)57-60-56(40-15-9-37(10-16-40)47-25-26-53-36-59-28-27-52(53)31-47)61-58(62-57)42-19-13-39(14-20-42)49-22-24-51-30-44-6-2-4-8-46(44)33-55(51)35-49/h1-29,31-36,44H,30H2. The fourth-order valence-corrected chi connectivity index (χ4v) is 9.03. The van der Waals surface area contributed by atoms with Crippen molar-refractivity contribution < 1.29 is 0 Å². The van der Waals surface area contributed by atoms with Crippen molar-refractivity contribution in [1.29, 1.82) is 0 Å². The summed E-state index contributed by atoms with van der Waals surface area (Å²) in [6, 6.07) is 60.9. The number of nitrogens with zero attached hydrogens (tertiary/aromatic N) is 4. The molecule has 1 unspecified atom stereocenters. The first kappa shape index (κ1) is 35.8. The molecule has 0 saturated heterocycles. The smallest absolute Gasteiger partial charge is 0.164 e. The summed E-state index contributed by atoms with van der Waals surface area (Å²) in [6.45, 7) is 0. The number of pyridine rings is 1. The second-order valence-electron chi connectivity index (χ2n) is 16.3. The maximum Gasteiger partial charge on any atom is 0.164 e. The van der Waals surface area contributed by atoms with E-state index in [1.54, 1.807) is 0 Å². The maximum absolute atomic E-state index is 5.12.